The zero-order valence-electron chi connectivity index (χ0n) is 25.7. The Hall–Kier alpha value is -5.05. The monoisotopic (exact) mass is 615 g/mol. The third kappa shape index (κ3) is 5.97. The number of aliphatic hydroxyl groups is 2. The molecule has 0 spiro atoms. The van der Waals surface area contributed by atoms with Gasteiger partial charge in [0.1, 0.15) is 0 Å². The largest absolute Gasteiger partial charge is 0.394 e. The molecule has 3 atom stereocenters. The topological polar surface area (TPSA) is 110 Å². The minimum absolute atomic E-state index is 0.0566. The van der Waals surface area contributed by atoms with Crippen LogP contribution in [-0.4, -0.2) is 45.5 Å². The van der Waals surface area contributed by atoms with Gasteiger partial charge >= 0.3 is 0 Å². The fourth-order valence-electron chi connectivity index (χ4n) is 6.41. The molecular formula is C38H37N3O5. The number of aliphatic hydroxyl groups excluding tert-OH is 1. The second-order valence-electron chi connectivity index (χ2n) is 11.9. The molecule has 0 fully saturated rings. The van der Waals surface area contributed by atoms with E-state index in [1.807, 2.05) is 60.7 Å². The fourth-order valence-corrected chi connectivity index (χ4v) is 6.41. The lowest BCUT2D eigenvalue weighted by Gasteiger charge is -2.36. The summed E-state index contributed by atoms with van der Waals surface area (Å²) >= 11 is 0. The van der Waals surface area contributed by atoms with Crippen LogP contribution in [0.2, 0.25) is 0 Å². The van der Waals surface area contributed by atoms with Crippen molar-refractivity contribution >= 4 is 29.1 Å². The molecule has 6 rings (SSSR count). The zero-order valence-corrected chi connectivity index (χ0v) is 25.7. The van der Waals surface area contributed by atoms with Crippen LogP contribution in [0.3, 0.4) is 0 Å². The fraction of sp³-hybridized carbons (Fsp3) is 0.237. The van der Waals surface area contributed by atoms with Crippen molar-refractivity contribution < 1.29 is 24.6 Å². The van der Waals surface area contributed by atoms with Crippen molar-refractivity contribution in [3.8, 4) is 0 Å². The van der Waals surface area contributed by atoms with E-state index < -0.39 is 17.4 Å². The molecule has 4 aromatic rings. The number of nitrogens with one attached hydrogen (secondary N) is 1. The summed E-state index contributed by atoms with van der Waals surface area (Å²) in [5.74, 6) is -1.63. The lowest BCUT2D eigenvalue weighted by Crippen LogP contribution is -2.46. The van der Waals surface area contributed by atoms with Gasteiger partial charge < -0.3 is 25.3 Å². The number of fused-ring (bicyclic) bond motifs is 2. The summed E-state index contributed by atoms with van der Waals surface area (Å²) < 4.78 is 0. The smallest absolute Gasteiger partial charge is 0.264 e. The van der Waals surface area contributed by atoms with Gasteiger partial charge in [0.05, 0.1) is 24.9 Å². The van der Waals surface area contributed by atoms with E-state index in [1.54, 1.807) is 71.3 Å². The second kappa shape index (κ2) is 13.1. The van der Waals surface area contributed by atoms with Crippen molar-refractivity contribution in [2.24, 2.45) is 5.92 Å². The molecule has 3 N–H and O–H groups in total. The van der Waals surface area contributed by atoms with Crippen molar-refractivity contribution in [1.82, 2.24) is 4.90 Å². The van der Waals surface area contributed by atoms with E-state index in [4.69, 9.17) is 0 Å². The summed E-state index contributed by atoms with van der Waals surface area (Å²) in [7, 11) is 0. The third-order valence-electron chi connectivity index (χ3n) is 9.01. The van der Waals surface area contributed by atoms with Crippen LogP contribution >= 0.6 is 0 Å². The zero-order chi connectivity index (χ0) is 32.3. The van der Waals surface area contributed by atoms with E-state index >= 15 is 0 Å². The van der Waals surface area contributed by atoms with Gasteiger partial charge in [-0.3, -0.25) is 14.4 Å². The average Bonchev–Trinajstić information content (AvgIpc) is 3.30. The van der Waals surface area contributed by atoms with Gasteiger partial charge in [0.15, 0.2) is 5.60 Å². The molecule has 4 aromatic carbocycles. The van der Waals surface area contributed by atoms with Gasteiger partial charge in [-0.2, -0.15) is 0 Å². The molecule has 8 nitrogen and oxygen atoms in total. The molecule has 2 aliphatic rings. The maximum absolute atomic E-state index is 14.1. The molecule has 2 heterocycles. The maximum Gasteiger partial charge on any atom is 0.264 e. The standard InChI is InChI=1S/C38H37N3O5/c1-26(11-10-18-35(43)40-24-30-17-9-8-16-29(30)21-32(40)25-42)38(46)33-22-31(39-36(44)28-14-6-3-7-15-28)19-20-34(33)41(37(38)45)23-27-12-4-2-5-13-27/h2-17,19-20,22,26,32,42,46H,18,21,23-25H2,1H3,(H,39,44)/b11-10+/t26-,32+,38+/m1/s1. The second-order valence-corrected chi connectivity index (χ2v) is 11.9. The number of hydrogen-bond acceptors (Lipinski definition) is 5. The molecule has 46 heavy (non-hydrogen) atoms. The van der Waals surface area contributed by atoms with E-state index in [1.165, 1.54) is 0 Å². The minimum atomic E-state index is -1.94. The highest BCUT2D eigenvalue weighted by Crippen LogP contribution is 2.47. The van der Waals surface area contributed by atoms with Crippen LogP contribution in [0.1, 0.15) is 46.0 Å². The van der Waals surface area contributed by atoms with E-state index in [0.717, 1.165) is 16.7 Å². The highest BCUT2D eigenvalue weighted by atomic mass is 16.3. The van der Waals surface area contributed by atoms with Crippen molar-refractivity contribution in [2.45, 2.75) is 44.5 Å². The van der Waals surface area contributed by atoms with Crippen LogP contribution in [0, 0.1) is 5.92 Å². The van der Waals surface area contributed by atoms with Gasteiger partial charge in [-0.1, -0.05) is 91.9 Å². The summed E-state index contributed by atoms with van der Waals surface area (Å²) in [5, 5.41) is 25.1. The SMILES string of the molecule is C[C@H](/C=C/CC(=O)N1Cc2ccccc2C[C@H]1CO)[C@@]1(O)C(=O)N(Cc2ccccc2)c2ccc(NC(=O)c3ccccc3)cc21. The number of anilines is 2. The number of carbonyl (C=O) groups excluding carboxylic acids is 3. The van der Waals surface area contributed by atoms with Crippen molar-refractivity contribution in [3.05, 3.63) is 143 Å². The van der Waals surface area contributed by atoms with Crippen molar-refractivity contribution in [2.75, 3.05) is 16.8 Å². The molecule has 234 valence electrons. The average molecular weight is 616 g/mol. The highest BCUT2D eigenvalue weighted by molar-refractivity contribution is 6.09. The van der Waals surface area contributed by atoms with Crippen molar-refractivity contribution in [1.29, 1.82) is 0 Å². The van der Waals surface area contributed by atoms with E-state index in [2.05, 4.69) is 5.32 Å². The quantitative estimate of drug-likeness (QED) is 0.224. The van der Waals surface area contributed by atoms with E-state index in [9.17, 15) is 24.6 Å². The maximum atomic E-state index is 14.1. The molecule has 0 aromatic heterocycles. The number of hydrogen-bond donors (Lipinski definition) is 3. The lowest BCUT2D eigenvalue weighted by atomic mass is 9.82. The molecule has 3 amide bonds. The highest BCUT2D eigenvalue weighted by Gasteiger charge is 2.52. The number of rotatable bonds is 9. The molecule has 0 aliphatic carbocycles. The molecule has 0 radical (unpaired) electrons. The predicted molar refractivity (Wildman–Crippen MR) is 177 cm³/mol. The van der Waals surface area contributed by atoms with Gasteiger partial charge in [-0.25, -0.2) is 0 Å². The predicted octanol–water partition coefficient (Wildman–Crippen LogP) is 5.20. The molecular weight excluding hydrogens is 578 g/mol. The first-order valence-electron chi connectivity index (χ1n) is 15.5. The van der Waals surface area contributed by atoms with E-state index in [0.29, 0.717) is 35.5 Å². The summed E-state index contributed by atoms with van der Waals surface area (Å²) in [6.45, 7) is 2.30. The Morgan fingerprint density at radius 2 is 1.63 bits per heavy atom. The van der Waals surface area contributed by atoms with Gasteiger partial charge in [0.2, 0.25) is 5.91 Å². The Morgan fingerprint density at radius 1 is 0.957 bits per heavy atom. The minimum Gasteiger partial charge on any atom is -0.394 e. The van der Waals surface area contributed by atoms with Gasteiger partial charge in [-0.15, -0.1) is 0 Å². The molecule has 0 saturated heterocycles. The number of benzene rings is 4. The number of amides is 3. The lowest BCUT2D eigenvalue weighted by molar-refractivity contribution is -0.139. The third-order valence-corrected chi connectivity index (χ3v) is 9.01. The summed E-state index contributed by atoms with van der Waals surface area (Å²) in [5.41, 5.74) is 3.05. The van der Waals surface area contributed by atoms with Crippen LogP contribution in [0.25, 0.3) is 0 Å². The van der Waals surface area contributed by atoms with Crippen molar-refractivity contribution in [3.63, 3.8) is 0 Å². The molecule has 0 bridgehead atoms. The van der Waals surface area contributed by atoms with E-state index in [-0.39, 0.29) is 37.4 Å². The van der Waals surface area contributed by atoms with Crippen LogP contribution in [0.4, 0.5) is 11.4 Å². The summed E-state index contributed by atoms with van der Waals surface area (Å²) in [6, 6.07) is 31.1. The molecule has 0 saturated carbocycles. The first kappa shape index (κ1) is 31.0. The molecule has 0 unspecified atom stereocenters. The van der Waals surface area contributed by atoms with Crippen LogP contribution in [0.5, 0.6) is 0 Å². The molecule has 8 heteroatoms. The van der Waals surface area contributed by atoms with Crippen LogP contribution < -0.4 is 10.2 Å². The Morgan fingerprint density at radius 3 is 2.35 bits per heavy atom. The van der Waals surface area contributed by atoms with Crippen LogP contribution in [0.15, 0.2) is 115 Å². The first-order chi connectivity index (χ1) is 22.3. The number of nitrogens with zero attached hydrogens (tertiary/aromatic N) is 2. The first-order valence-corrected chi connectivity index (χ1v) is 15.5. The number of carbonyl (C=O) groups is 3. The Labute approximate surface area is 268 Å². The normalized spacial score (nSPS) is 19.5. The van der Waals surface area contributed by atoms with Gasteiger partial charge in [0.25, 0.3) is 11.8 Å². The Kier molecular flexibility index (Phi) is 8.83. The Balaban J connectivity index is 1.25. The van der Waals surface area contributed by atoms with Gasteiger partial charge in [-0.05, 0) is 53.4 Å². The van der Waals surface area contributed by atoms with Crippen LogP contribution in [-0.2, 0) is 34.7 Å². The Bertz CT molecular complexity index is 1770. The van der Waals surface area contributed by atoms with Gasteiger partial charge in [0, 0.05) is 35.7 Å². The summed E-state index contributed by atoms with van der Waals surface area (Å²) in [4.78, 5) is 43.6. The molecule has 2 aliphatic heterocycles. The summed E-state index contributed by atoms with van der Waals surface area (Å²) in [6.07, 6.45) is 4.03.